The van der Waals surface area contributed by atoms with Crippen LogP contribution in [0.4, 0.5) is 8.78 Å². The highest BCUT2D eigenvalue weighted by molar-refractivity contribution is 5.64. The van der Waals surface area contributed by atoms with Gasteiger partial charge in [0.1, 0.15) is 0 Å². The third-order valence-corrected chi connectivity index (χ3v) is 3.28. The molecule has 108 valence electrons. The lowest BCUT2D eigenvalue weighted by molar-refractivity contribution is 0.509. The summed E-state index contributed by atoms with van der Waals surface area (Å²) in [4.78, 5) is 0. The average molecular weight is 284 g/mol. The van der Waals surface area contributed by atoms with Crippen molar-refractivity contribution in [1.29, 1.82) is 0 Å². The van der Waals surface area contributed by atoms with Gasteiger partial charge in [0.25, 0.3) is 0 Å². The summed E-state index contributed by atoms with van der Waals surface area (Å²) in [5.74, 6) is 4.62. The molecule has 0 N–H and O–H groups in total. The van der Waals surface area contributed by atoms with Gasteiger partial charge in [-0.15, -0.1) is 0 Å². The second kappa shape index (κ2) is 7.59. The van der Waals surface area contributed by atoms with Crippen LogP contribution in [0.5, 0.6) is 0 Å². The van der Waals surface area contributed by atoms with E-state index in [2.05, 4.69) is 18.8 Å². The summed E-state index contributed by atoms with van der Waals surface area (Å²) in [6, 6.07) is 11.5. The summed E-state index contributed by atoms with van der Waals surface area (Å²) in [6.07, 6.45) is 4.46. The lowest BCUT2D eigenvalue weighted by atomic mass is 10.0. The fourth-order valence-corrected chi connectivity index (χ4v) is 2.05. The zero-order chi connectivity index (χ0) is 15.1. The number of halogens is 2. The van der Waals surface area contributed by atoms with E-state index in [0.717, 1.165) is 30.0 Å². The monoisotopic (exact) mass is 284 g/mol. The van der Waals surface area contributed by atoms with E-state index < -0.39 is 11.6 Å². The van der Waals surface area contributed by atoms with Crippen LogP contribution in [0.2, 0.25) is 0 Å². The molecule has 0 amide bonds. The van der Waals surface area contributed by atoms with Gasteiger partial charge in [-0.3, -0.25) is 0 Å². The quantitative estimate of drug-likeness (QED) is 0.509. The third kappa shape index (κ3) is 4.43. The lowest BCUT2D eigenvalue weighted by Crippen LogP contribution is -1.85. The highest BCUT2D eigenvalue weighted by Gasteiger charge is 2.04. The maximum absolute atomic E-state index is 13.2. The van der Waals surface area contributed by atoms with Crippen molar-refractivity contribution in [3.05, 3.63) is 59.7 Å². The predicted octanol–water partition coefficient (Wildman–Crippen LogP) is 5.56. The molecule has 0 bridgehead atoms. The molecule has 2 rings (SSSR count). The van der Waals surface area contributed by atoms with Crippen LogP contribution < -0.4 is 0 Å². The number of rotatable bonds is 4. The van der Waals surface area contributed by atoms with Crippen molar-refractivity contribution in [1.82, 2.24) is 0 Å². The Morgan fingerprint density at radius 2 is 1.57 bits per heavy atom. The largest absolute Gasteiger partial charge is 0.204 e. The Balaban J connectivity index is 2.06. The molecule has 0 aliphatic rings. The standard InChI is InChI=1S/C19H18F2/c1-2-3-4-5-6-7-15-8-10-16(11-9-15)17-12-13-18(20)19(21)14-17/h8-14H,2-5H2,1H3. The van der Waals surface area contributed by atoms with Crippen LogP contribution in [0, 0.1) is 23.5 Å². The molecule has 0 aliphatic carbocycles. The van der Waals surface area contributed by atoms with Crippen molar-refractivity contribution >= 4 is 0 Å². The summed E-state index contributed by atoms with van der Waals surface area (Å²) < 4.78 is 26.1. The molecule has 0 fully saturated rings. The third-order valence-electron chi connectivity index (χ3n) is 3.28. The second-order valence-electron chi connectivity index (χ2n) is 4.97. The molecule has 2 aromatic carbocycles. The first kappa shape index (κ1) is 15.3. The van der Waals surface area contributed by atoms with Crippen molar-refractivity contribution in [3.63, 3.8) is 0 Å². The number of hydrogen-bond acceptors (Lipinski definition) is 0. The Kier molecular flexibility index (Phi) is 5.51. The maximum Gasteiger partial charge on any atom is 0.159 e. The topological polar surface area (TPSA) is 0 Å². The molecule has 0 heterocycles. The van der Waals surface area contributed by atoms with E-state index in [4.69, 9.17) is 0 Å². The molecule has 0 unspecified atom stereocenters. The first-order valence-electron chi connectivity index (χ1n) is 7.25. The van der Waals surface area contributed by atoms with Gasteiger partial charge in [-0.2, -0.15) is 0 Å². The van der Waals surface area contributed by atoms with Gasteiger partial charge < -0.3 is 0 Å². The van der Waals surface area contributed by atoms with Crippen LogP contribution in [-0.2, 0) is 0 Å². The molecular formula is C19H18F2. The highest BCUT2D eigenvalue weighted by atomic mass is 19.2. The van der Waals surface area contributed by atoms with Crippen molar-refractivity contribution in [3.8, 4) is 23.0 Å². The zero-order valence-corrected chi connectivity index (χ0v) is 12.1. The average Bonchev–Trinajstić information content (AvgIpc) is 2.50. The second-order valence-corrected chi connectivity index (χ2v) is 4.97. The minimum absolute atomic E-state index is 0.663. The van der Waals surface area contributed by atoms with Crippen LogP contribution in [0.1, 0.15) is 38.2 Å². The Labute approximate surface area is 124 Å². The molecule has 0 aliphatic heterocycles. The highest BCUT2D eigenvalue weighted by Crippen LogP contribution is 2.21. The minimum Gasteiger partial charge on any atom is -0.204 e. The fraction of sp³-hybridized carbons (Fsp3) is 0.263. The van der Waals surface area contributed by atoms with Crippen LogP contribution in [0.25, 0.3) is 11.1 Å². The van der Waals surface area contributed by atoms with Crippen LogP contribution in [0.3, 0.4) is 0 Å². The molecule has 2 heteroatoms. The molecule has 0 spiro atoms. The first-order chi connectivity index (χ1) is 10.2. The van der Waals surface area contributed by atoms with E-state index in [9.17, 15) is 8.78 Å². The van der Waals surface area contributed by atoms with E-state index in [0.29, 0.717) is 5.56 Å². The van der Waals surface area contributed by atoms with Crippen molar-refractivity contribution in [2.45, 2.75) is 32.6 Å². The number of unbranched alkanes of at least 4 members (excludes halogenated alkanes) is 3. The Hall–Kier alpha value is -2.14. The molecule has 0 saturated heterocycles. The summed E-state index contributed by atoms with van der Waals surface area (Å²) in [6.45, 7) is 2.17. The SMILES string of the molecule is CCCCCC#Cc1ccc(-c2ccc(F)c(F)c2)cc1. The van der Waals surface area contributed by atoms with Gasteiger partial charge in [0, 0.05) is 12.0 Å². The summed E-state index contributed by atoms with van der Waals surface area (Å²) in [7, 11) is 0. The zero-order valence-electron chi connectivity index (χ0n) is 12.1. The van der Waals surface area contributed by atoms with Gasteiger partial charge in [0.2, 0.25) is 0 Å². The normalized spacial score (nSPS) is 10.0. The van der Waals surface area contributed by atoms with Gasteiger partial charge in [0.15, 0.2) is 11.6 Å². The predicted molar refractivity (Wildman–Crippen MR) is 82.8 cm³/mol. The molecular weight excluding hydrogens is 266 g/mol. The maximum atomic E-state index is 13.2. The molecule has 0 aromatic heterocycles. The molecule has 0 atom stereocenters. The van der Waals surface area contributed by atoms with E-state index >= 15 is 0 Å². The van der Waals surface area contributed by atoms with Crippen molar-refractivity contribution in [2.75, 3.05) is 0 Å². The van der Waals surface area contributed by atoms with Gasteiger partial charge >= 0.3 is 0 Å². The molecule has 0 nitrogen and oxygen atoms in total. The number of hydrogen-bond donors (Lipinski definition) is 0. The minimum atomic E-state index is -0.827. The van der Waals surface area contributed by atoms with E-state index in [1.165, 1.54) is 18.9 Å². The molecule has 0 saturated carbocycles. The van der Waals surface area contributed by atoms with E-state index in [-0.39, 0.29) is 0 Å². The van der Waals surface area contributed by atoms with Crippen molar-refractivity contribution < 1.29 is 8.78 Å². The number of benzene rings is 2. The van der Waals surface area contributed by atoms with Crippen LogP contribution in [-0.4, -0.2) is 0 Å². The van der Waals surface area contributed by atoms with Crippen molar-refractivity contribution in [2.24, 2.45) is 0 Å². The molecule has 0 radical (unpaired) electrons. The van der Waals surface area contributed by atoms with Crippen LogP contribution >= 0.6 is 0 Å². The Morgan fingerprint density at radius 1 is 0.857 bits per heavy atom. The first-order valence-corrected chi connectivity index (χ1v) is 7.25. The van der Waals surface area contributed by atoms with E-state index in [1.807, 2.05) is 24.3 Å². The van der Waals surface area contributed by atoms with Gasteiger partial charge in [-0.05, 0) is 41.8 Å². The van der Waals surface area contributed by atoms with Gasteiger partial charge in [-0.1, -0.05) is 49.8 Å². The van der Waals surface area contributed by atoms with Gasteiger partial charge in [-0.25, -0.2) is 8.78 Å². The summed E-state index contributed by atoms with van der Waals surface area (Å²) >= 11 is 0. The Morgan fingerprint density at radius 3 is 2.24 bits per heavy atom. The van der Waals surface area contributed by atoms with Crippen LogP contribution in [0.15, 0.2) is 42.5 Å². The lowest BCUT2D eigenvalue weighted by Gasteiger charge is -2.02. The van der Waals surface area contributed by atoms with Gasteiger partial charge in [0.05, 0.1) is 0 Å². The fourth-order valence-electron chi connectivity index (χ4n) is 2.05. The summed E-state index contributed by atoms with van der Waals surface area (Å²) in [5.41, 5.74) is 2.46. The Bertz CT molecular complexity index is 646. The smallest absolute Gasteiger partial charge is 0.159 e. The van der Waals surface area contributed by atoms with E-state index in [1.54, 1.807) is 6.07 Å². The molecule has 21 heavy (non-hydrogen) atoms. The summed E-state index contributed by atoms with van der Waals surface area (Å²) in [5, 5.41) is 0. The molecule has 2 aromatic rings.